The third-order valence-electron chi connectivity index (χ3n) is 9.91. The summed E-state index contributed by atoms with van der Waals surface area (Å²) < 4.78 is 5.32. The van der Waals surface area contributed by atoms with Crippen LogP contribution in [0.25, 0.3) is 0 Å². The van der Waals surface area contributed by atoms with Gasteiger partial charge in [-0.15, -0.1) is 0 Å². The van der Waals surface area contributed by atoms with Crippen molar-refractivity contribution >= 4 is 24.1 Å². The van der Waals surface area contributed by atoms with Gasteiger partial charge >= 0.3 is 6.09 Å². The van der Waals surface area contributed by atoms with E-state index in [0.717, 1.165) is 43.9 Å². The molecular weight excluding hydrogens is 510 g/mol. The van der Waals surface area contributed by atoms with Gasteiger partial charge in [-0.25, -0.2) is 4.79 Å². The SMILES string of the molecule is CC(C)N1CCC[C@H](c2ccc(Cl)cc2)C1.CC1(C)COC(=O)N1CC1(C2CCCCC2)CCN(C=O)CC1. The van der Waals surface area contributed by atoms with Crippen LogP contribution in [0.15, 0.2) is 24.3 Å². The summed E-state index contributed by atoms with van der Waals surface area (Å²) >= 11 is 5.92. The van der Waals surface area contributed by atoms with E-state index < -0.39 is 0 Å². The Kier molecular flexibility index (Phi) is 10.3. The highest BCUT2D eigenvalue weighted by molar-refractivity contribution is 6.30. The molecule has 7 heteroatoms. The second kappa shape index (κ2) is 13.2. The van der Waals surface area contributed by atoms with Crippen LogP contribution in [-0.4, -0.2) is 78.1 Å². The van der Waals surface area contributed by atoms with Crippen LogP contribution in [0.5, 0.6) is 0 Å². The van der Waals surface area contributed by atoms with Crippen molar-refractivity contribution in [3.8, 4) is 0 Å². The molecule has 1 saturated carbocycles. The van der Waals surface area contributed by atoms with Gasteiger partial charge in [0.05, 0.1) is 5.54 Å². The Hall–Kier alpha value is -1.79. The molecule has 3 aliphatic heterocycles. The zero-order chi connectivity index (χ0) is 28.0. The highest BCUT2D eigenvalue weighted by Gasteiger charge is 2.48. The minimum Gasteiger partial charge on any atom is -0.447 e. The summed E-state index contributed by atoms with van der Waals surface area (Å²) in [5, 5.41) is 0.834. The van der Waals surface area contributed by atoms with Gasteiger partial charge in [-0.1, -0.05) is 43.0 Å². The number of hydrogen-bond donors (Lipinski definition) is 0. The number of halogens is 1. The maximum atomic E-state index is 12.2. The molecular formula is C32H50ClN3O3. The molecule has 0 radical (unpaired) electrons. The predicted molar refractivity (Wildman–Crippen MR) is 158 cm³/mol. The van der Waals surface area contributed by atoms with Crippen LogP contribution >= 0.6 is 11.6 Å². The van der Waals surface area contributed by atoms with Crippen molar-refractivity contribution in [2.75, 3.05) is 39.3 Å². The molecule has 218 valence electrons. The van der Waals surface area contributed by atoms with Gasteiger partial charge in [0, 0.05) is 37.2 Å². The molecule has 1 aromatic rings. The van der Waals surface area contributed by atoms with E-state index in [9.17, 15) is 9.59 Å². The first-order valence-electron chi connectivity index (χ1n) is 15.3. The molecule has 0 N–H and O–H groups in total. The minimum atomic E-state index is -0.222. The largest absolute Gasteiger partial charge is 0.447 e. The van der Waals surface area contributed by atoms with Gasteiger partial charge in [0.25, 0.3) is 0 Å². The lowest BCUT2D eigenvalue weighted by Crippen LogP contribution is -2.54. The Morgan fingerprint density at radius 2 is 1.67 bits per heavy atom. The number of nitrogens with zero attached hydrogens (tertiary/aromatic N) is 3. The maximum absolute atomic E-state index is 12.2. The molecule has 0 spiro atoms. The summed E-state index contributed by atoms with van der Waals surface area (Å²) in [5.74, 6) is 1.36. The van der Waals surface area contributed by atoms with Crippen molar-refractivity contribution in [2.24, 2.45) is 11.3 Å². The highest BCUT2D eigenvalue weighted by atomic mass is 35.5. The van der Waals surface area contributed by atoms with Gasteiger partial charge < -0.3 is 14.5 Å². The van der Waals surface area contributed by atoms with E-state index in [1.807, 2.05) is 21.9 Å². The van der Waals surface area contributed by atoms with Crippen LogP contribution in [0.3, 0.4) is 0 Å². The van der Waals surface area contributed by atoms with Gasteiger partial charge in [0.1, 0.15) is 6.61 Å². The van der Waals surface area contributed by atoms with Crippen molar-refractivity contribution < 1.29 is 14.3 Å². The van der Waals surface area contributed by atoms with Gasteiger partial charge in [-0.2, -0.15) is 0 Å². The number of amides is 2. The summed E-state index contributed by atoms with van der Waals surface area (Å²) in [6.07, 6.45) is 11.9. The van der Waals surface area contributed by atoms with E-state index >= 15 is 0 Å². The van der Waals surface area contributed by atoms with Crippen LogP contribution in [0.1, 0.15) is 97.0 Å². The molecule has 3 saturated heterocycles. The number of likely N-dealkylation sites (tertiary alicyclic amines) is 2. The molecule has 6 nitrogen and oxygen atoms in total. The second-order valence-corrected chi connectivity index (χ2v) is 13.7. The number of hydrogen-bond acceptors (Lipinski definition) is 4. The van der Waals surface area contributed by atoms with Crippen molar-refractivity contribution in [3.63, 3.8) is 0 Å². The fourth-order valence-electron chi connectivity index (χ4n) is 7.20. The molecule has 4 aliphatic rings. The van der Waals surface area contributed by atoms with Crippen molar-refractivity contribution in [3.05, 3.63) is 34.9 Å². The summed E-state index contributed by atoms with van der Waals surface area (Å²) in [4.78, 5) is 29.7. The summed E-state index contributed by atoms with van der Waals surface area (Å²) in [6.45, 7) is 14.1. The second-order valence-electron chi connectivity index (χ2n) is 13.3. The van der Waals surface area contributed by atoms with Crippen LogP contribution in [0.2, 0.25) is 5.02 Å². The lowest BCUT2D eigenvalue weighted by atomic mass is 9.63. The predicted octanol–water partition coefficient (Wildman–Crippen LogP) is 6.96. The van der Waals surface area contributed by atoms with Crippen molar-refractivity contribution in [1.82, 2.24) is 14.7 Å². The third kappa shape index (κ3) is 7.49. The van der Waals surface area contributed by atoms with Gasteiger partial charge in [0.2, 0.25) is 6.41 Å². The van der Waals surface area contributed by atoms with Crippen molar-refractivity contribution in [2.45, 2.75) is 103 Å². The normalized spacial score (nSPS) is 25.7. The molecule has 2 amide bonds. The number of rotatable bonds is 6. The molecule has 5 rings (SSSR count). The number of cyclic esters (lactones) is 1. The lowest BCUT2D eigenvalue weighted by molar-refractivity contribution is -0.121. The smallest absolute Gasteiger partial charge is 0.410 e. The molecule has 39 heavy (non-hydrogen) atoms. The monoisotopic (exact) mass is 559 g/mol. The number of benzene rings is 1. The number of piperidine rings is 2. The van der Waals surface area contributed by atoms with Crippen LogP contribution in [0, 0.1) is 11.3 Å². The maximum Gasteiger partial charge on any atom is 0.410 e. The van der Waals surface area contributed by atoms with Gasteiger partial charge in [-0.05, 0) is 108 Å². The Balaban J connectivity index is 0.000000193. The Morgan fingerprint density at radius 3 is 2.23 bits per heavy atom. The average molecular weight is 560 g/mol. The average Bonchev–Trinajstić information content (AvgIpc) is 3.21. The third-order valence-corrected chi connectivity index (χ3v) is 10.2. The summed E-state index contributed by atoms with van der Waals surface area (Å²) in [7, 11) is 0. The topological polar surface area (TPSA) is 53.1 Å². The minimum absolute atomic E-state index is 0.153. The van der Waals surface area contributed by atoms with E-state index in [0.29, 0.717) is 24.5 Å². The standard InChI is InChI=1S/C18H30N2O3.C14H20ClN/c1-17(2)13-23-16(22)20(17)12-18(15-6-4-3-5-7-15)8-10-19(14-21)11-9-18;1-11(2)16-9-3-4-13(10-16)12-5-7-14(15)8-6-12/h14-15H,3-13H2,1-2H3;5-8,11,13H,3-4,9-10H2,1-2H3/t;13-/m.0/s1. The first-order chi connectivity index (χ1) is 18.6. The molecule has 1 aromatic carbocycles. The van der Waals surface area contributed by atoms with Crippen molar-refractivity contribution in [1.29, 1.82) is 0 Å². The Morgan fingerprint density at radius 1 is 1.00 bits per heavy atom. The molecule has 1 aliphatic carbocycles. The van der Waals surface area contributed by atoms with Gasteiger partial charge in [0.15, 0.2) is 0 Å². The summed E-state index contributed by atoms with van der Waals surface area (Å²) in [5.41, 5.74) is 1.37. The Bertz CT molecular complexity index is 936. The quantitative estimate of drug-likeness (QED) is 0.353. The van der Waals surface area contributed by atoms with Crippen LogP contribution in [-0.2, 0) is 9.53 Å². The zero-order valence-corrected chi connectivity index (χ0v) is 25.4. The molecule has 1 atom stereocenters. The molecule has 3 heterocycles. The van der Waals surface area contributed by atoms with E-state index in [2.05, 4.69) is 44.7 Å². The van der Waals surface area contributed by atoms with E-state index in [-0.39, 0.29) is 17.0 Å². The van der Waals surface area contributed by atoms with Crippen LogP contribution in [0.4, 0.5) is 4.79 Å². The number of carbonyl (C=O) groups is 2. The first-order valence-corrected chi connectivity index (χ1v) is 15.6. The van der Waals surface area contributed by atoms with E-state index in [1.165, 1.54) is 63.6 Å². The number of ether oxygens (including phenoxy) is 1. The first kappa shape index (κ1) is 30.2. The molecule has 0 unspecified atom stereocenters. The zero-order valence-electron chi connectivity index (χ0n) is 24.7. The Labute approximate surface area is 241 Å². The molecule has 0 aromatic heterocycles. The van der Waals surface area contributed by atoms with E-state index in [1.54, 1.807) is 0 Å². The number of carbonyl (C=O) groups excluding carboxylic acids is 2. The van der Waals surface area contributed by atoms with E-state index in [4.69, 9.17) is 16.3 Å². The molecule has 4 fully saturated rings. The van der Waals surface area contributed by atoms with Crippen LogP contribution < -0.4 is 0 Å². The fraction of sp³-hybridized carbons (Fsp3) is 0.750. The lowest BCUT2D eigenvalue weighted by Gasteiger charge is -2.50. The molecule has 0 bridgehead atoms. The highest BCUT2D eigenvalue weighted by Crippen LogP contribution is 2.47. The van der Waals surface area contributed by atoms with Gasteiger partial charge in [-0.3, -0.25) is 9.69 Å². The summed E-state index contributed by atoms with van der Waals surface area (Å²) in [6, 6.07) is 9.03. The fourth-order valence-corrected chi connectivity index (χ4v) is 7.33.